The largest absolute Gasteiger partial charge is 0.495 e. The molecule has 106 valence electrons. The predicted molar refractivity (Wildman–Crippen MR) is 80.6 cm³/mol. The molecule has 0 aliphatic carbocycles. The van der Waals surface area contributed by atoms with Crippen LogP contribution < -0.4 is 10.1 Å². The second-order valence-electron chi connectivity index (χ2n) is 3.43. The highest BCUT2D eigenvalue weighted by molar-refractivity contribution is 5.58. The van der Waals surface area contributed by atoms with Gasteiger partial charge in [-0.2, -0.15) is 0 Å². The van der Waals surface area contributed by atoms with Crippen LogP contribution in [0.4, 0.5) is 5.69 Å². The van der Waals surface area contributed by atoms with E-state index in [1.165, 1.54) is 0 Å². The number of rotatable bonds is 4. The summed E-state index contributed by atoms with van der Waals surface area (Å²) in [6.45, 7) is 12.0. The van der Waals surface area contributed by atoms with Gasteiger partial charge in [-0.25, -0.2) is 0 Å². The minimum atomic E-state index is 0.0339. The smallest absolute Gasteiger partial charge is 0.142 e. The fourth-order valence-corrected chi connectivity index (χ4v) is 1.23. The molecule has 0 heterocycles. The van der Waals surface area contributed by atoms with E-state index in [9.17, 15) is 0 Å². The van der Waals surface area contributed by atoms with Gasteiger partial charge in [-0.1, -0.05) is 33.8 Å². The highest BCUT2D eigenvalue weighted by atomic mass is 16.5. The topological polar surface area (TPSA) is 41.5 Å². The molecule has 0 bridgehead atoms. The zero-order valence-electron chi connectivity index (χ0n) is 12.9. The summed E-state index contributed by atoms with van der Waals surface area (Å²) in [7, 11) is 1.64. The molecule has 3 nitrogen and oxygen atoms in total. The van der Waals surface area contributed by atoms with Gasteiger partial charge in [0.05, 0.1) is 19.4 Å². The number of aliphatic hydroxyl groups excluding tert-OH is 1. The van der Waals surface area contributed by atoms with E-state index in [1.54, 1.807) is 7.11 Å². The summed E-state index contributed by atoms with van der Waals surface area (Å²) in [6, 6.07) is 5.97. The molecular formula is C15H29NO2. The first-order valence-corrected chi connectivity index (χ1v) is 6.69. The van der Waals surface area contributed by atoms with Crippen molar-refractivity contribution in [3.05, 3.63) is 23.8 Å². The van der Waals surface area contributed by atoms with E-state index in [0.29, 0.717) is 0 Å². The number of benzene rings is 1. The van der Waals surface area contributed by atoms with Crippen molar-refractivity contribution in [3.8, 4) is 5.75 Å². The molecule has 0 spiro atoms. The summed E-state index contributed by atoms with van der Waals surface area (Å²) in [4.78, 5) is 0. The van der Waals surface area contributed by atoms with Crippen LogP contribution in [-0.4, -0.2) is 24.9 Å². The van der Waals surface area contributed by atoms with Gasteiger partial charge in [-0.15, -0.1) is 0 Å². The minimum Gasteiger partial charge on any atom is -0.495 e. The van der Waals surface area contributed by atoms with Crippen molar-refractivity contribution < 1.29 is 9.84 Å². The SMILES string of the molecule is CC.CC.COc1cc(C)ccc1NC(C)CO. The highest BCUT2D eigenvalue weighted by Crippen LogP contribution is 2.25. The molecular weight excluding hydrogens is 226 g/mol. The number of anilines is 1. The maximum atomic E-state index is 8.91. The second kappa shape index (κ2) is 12.2. The Kier molecular flexibility index (Phi) is 13.0. The standard InChI is InChI=1S/C11H17NO2.2C2H6/c1-8-4-5-10(11(6-8)14-3)12-9(2)7-13;2*1-2/h4-6,9,12-13H,7H2,1-3H3;2*1-2H3. The van der Waals surface area contributed by atoms with Crippen LogP contribution in [0.3, 0.4) is 0 Å². The molecule has 3 heteroatoms. The molecule has 0 fully saturated rings. The van der Waals surface area contributed by atoms with E-state index in [0.717, 1.165) is 17.0 Å². The van der Waals surface area contributed by atoms with Gasteiger partial charge in [0.2, 0.25) is 0 Å². The third-order valence-corrected chi connectivity index (χ3v) is 2.03. The molecule has 0 aliphatic heterocycles. The van der Waals surface area contributed by atoms with Crippen LogP contribution in [0.2, 0.25) is 0 Å². The maximum Gasteiger partial charge on any atom is 0.142 e. The predicted octanol–water partition coefficient (Wildman–Crippen LogP) is 3.85. The van der Waals surface area contributed by atoms with Crippen molar-refractivity contribution in [3.63, 3.8) is 0 Å². The van der Waals surface area contributed by atoms with Crippen LogP contribution in [-0.2, 0) is 0 Å². The van der Waals surface area contributed by atoms with Crippen LogP contribution in [0.15, 0.2) is 18.2 Å². The fourth-order valence-electron chi connectivity index (χ4n) is 1.23. The number of nitrogens with one attached hydrogen (secondary N) is 1. The van der Waals surface area contributed by atoms with Crippen molar-refractivity contribution in [2.75, 3.05) is 19.0 Å². The van der Waals surface area contributed by atoms with Gasteiger partial charge in [0.1, 0.15) is 5.75 Å². The lowest BCUT2D eigenvalue weighted by atomic mass is 10.2. The van der Waals surface area contributed by atoms with Gasteiger partial charge in [-0.3, -0.25) is 0 Å². The molecule has 1 aromatic carbocycles. The van der Waals surface area contributed by atoms with Crippen molar-refractivity contribution in [1.82, 2.24) is 0 Å². The van der Waals surface area contributed by atoms with Gasteiger partial charge < -0.3 is 15.2 Å². The van der Waals surface area contributed by atoms with Gasteiger partial charge in [0, 0.05) is 6.04 Å². The van der Waals surface area contributed by atoms with Crippen LogP contribution in [0.25, 0.3) is 0 Å². The van der Waals surface area contributed by atoms with Crippen LogP contribution in [0, 0.1) is 6.92 Å². The first-order chi connectivity index (χ1) is 8.67. The normalized spacial score (nSPS) is 10.2. The molecule has 0 saturated carbocycles. The molecule has 0 amide bonds. The van der Waals surface area contributed by atoms with E-state index in [4.69, 9.17) is 9.84 Å². The zero-order chi connectivity index (χ0) is 14.6. The summed E-state index contributed by atoms with van der Waals surface area (Å²) in [5, 5.41) is 12.1. The fraction of sp³-hybridized carbons (Fsp3) is 0.600. The number of aliphatic hydroxyl groups is 1. The molecule has 0 aliphatic rings. The first-order valence-electron chi connectivity index (χ1n) is 6.69. The molecule has 1 atom stereocenters. The molecule has 0 radical (unpaired) electrons. The van der Waals surface area contributed by atoms with Gasteiger partial charge >= 0.3 is 0 Å². The lowest BCUT2D eigenvalue weighted by molar-refractivity contribution is 0.281. The average molecular weight is 255 g/mol. The van der Waals surface area contributed by atoms with Gasteiger partial charge in [0.15, 0.2) is 0 Å². The summed E-state index contributed by atoms with van der Waals surface area (Å²) in [6.07, 6.45) is 0. The quantitative estimate of drug-likeness (QED) is 0.858. The number of aryl methyl sites for hydroxylation is 1. The highest BCUT2D eigenvalue weighted by Gasteiger charge is 2.05. The summed E-state index contributed by atoms with van der Waals surface area (Å²) >= 11 is 0. The summed E-state index contributed by atoms with van der Waals surface area (Å²) in [5.74, 6) is 0.810. The minimum absolute atomic E-state index is 0.0339. The van der Waals surface area contributed by atoms with E-state index in [-0.39, 0.29) is 12.6 Å². The monoisotopic (exact) mass is 255 g/mol. The average Bonchev–Trinajstić information content (AvgIpc) is 2.45. The number of methoxy groups -OCH3 is 1. The van der Waals surface area contributed by atoms with Crippen molar-refractivity contribution in [2.24, 2.45) is 0 Å². The van der Waals surface area contributed by atoms with E-state index in [1.807, 2.05) is 59.7 Å². The first kappa shape index (κ1) is 19.1. The molecule has 0 aromatic heterocycles. The molecule has 0 saturated heterocycles. The molecule has 18 heavy (non-hydrogen) atoms. The lowest BCUT2D eigenvalue weighted by Gasteiger charge is -2.15. The Labute approximate surface area is 112 Å². The number of hydrogen-bond acceptors (Lipinski definition) is 3. The zero-order valence-corrected chi connectivity index (χ0v) is 12.9. The third kappa shape index (κ3) is 7.17. The van der Waals surface area contributed by atoms with E-state index < -0.39 is 0 Å². The second-order valence-corrected chi connectivity index (χ2v) is 3.43. The Morgan fingerprint density at radius 2 is 1.78 bits per heavy atom. The van der Waals surface area contributed by atoms with E-state index in [2.05, 4.69) is 5.32 Å². The lowest BCUT2D eigenvalue weighted by Crippen LogP contribution is -2.19. The van der Waals surface area contributed by atoms with Crippen LogP contribution >= 0.6 is 0 Å². The van der Waals surface area contributed by atoms with Crippen molar-refractivity contribution in [1.29, 1.82) is 0 Å². The Morgan fingerprint density at radius 3 is 2.22 bits per heavy atom. The summed E-state index contributed by atoms with van der Waals surface area (Å²) in [5.41, 5.74) is 2.07. The van der Waals surface area contributed by atoms with E-state index >= 15 is 0 Å². The Hall–Kier alpha value is -1.22. The Morgan fingerprint density at radius 1 is 1.22 bits per heavy atom. The summed E-state index contributed by atoms with van der Waals surface area (Å²) < 4.78 is 5.23. The van der Waals surface area contributed by atoms with Gasteiger partial charge in [0.25, 0.3) is 0 Å². The Bertz CT molecular complexity index is 301. The third-order valence-electron chi connectivity index (χ3n) is 2.03. The molecule has 1 aromatic rings. The molecule has 1 rings (SSSR count). The van der Waals surface area contributed by atoms with Crippen LogP contribution in [0.5, 0.6) is 5.75 Å². The van der Waals surface area contributed by atoms with Crippen molar-refractivity contribution in [2.45, 2.75) is 47.6 Å². The Balaban J connectivity index is 0. The van der Waals surface area contributed by atoms with Gasteiger partial charge in [-0.05, 0) is 31.5 Å². The van der Waals surface area contributed by atoms with Crippen molar-refractivity contribution >= 4 is 5.69 Å². The van der Waals surface area contributed by atoms with Crippen LogP contribution in [0.1, 0.15) is 40.2 Å². The molecule has 2 N–H and O–H groups in total. The molecule has 1 unspecified atom stereocenters. The maximum absolute atomic E-state index is 8.91. The number of hydrogen-bond donors (Lipinski definition) is 2. The number of ether oxygens (including phenoxy) is 1.